The van der Waals surface area contributed by atoms with Crippen LogP contribution < -0.4 is 0 Å². The van der Waals surface area contributed by atoms with Crippen molar-refractivity contribution in [2.75, 3.05) is 47.5 Å². The van der Waals surface area contributed by atoms with E-state index in [4.69, 9.17) is 18.5 Å². The van der Waals surface area contributed by atoms with Gasteiger partial charge in [0.15, 0.2) is 6.10 Å². The number of unbranched alkanes of at least 4 members (excludes halogenated alkanes) is 31. The number of hydrogen-bond donors (Lipinski definition) is 1. The Bertz CT molecular complexity index is 1790. The molecule has 0 rings (SSSR count). The fraction of sp³-hybridized carbons (Fsp3) is 0.730. The maximum absolute atomic E-state index is 12.8. The van der Waals surface area contributed by atoms with Crippen LogP contribution in [-0.4, -0.2) is 74.9 Å². The predicted octanol–water partition coefficient (Wildman–Crippen LogP) is 22.5. The Morgan fingerprint density at radius 1 is 0.381 bits per heavy atom. The molecule has 0 aromatic heterocycles. The molecule has 0 heterocycles. The third kappa shape index (κ3) is 67.8. The molecule has 0 aromatic carbocycles. The van der Waals surface area contributed by atoms with E-state index < -0.39 is 26.5 Å². The van der Waals surface area contributed by atoms with Gasteiger partial charge in [0.05, 0.1) is 27.7 Å². The second-order valence-corrected chi connectivity index (χ2v) is 25.6. The van der Waals surface area contributed by atoms with Gasteiger partial charge in [0.25, 0.3) is 0 Å². The van der Waals surface area contributed by atoms with Crippen molar-refractivity contribution in [3.8, 4) is 0 Å². The van der Waals surface area contributed by atoms with Gasteiger partial charge in [-0.1, -0.05) is 290 Å². The van der Waals surface area contributed by atoms with Crippen molar-refractivity contribution in [1.82, 2.24) is 0 Å². The van der Waals surface area contributed by atoms with Crippen LogP contribution in [0.3, 0.4) is 0 Å². The summed E-state index contributed by atoms with van der Waals surface area (Å²) in [6.45, 7) is 4.29. The van der Waals surface area contributed by atoms with Gasteiger partial charge in [-0.3, -0.25) is 18.6 Å². The minimum atomic E-state index is -4.40. The standard InChI is InChI=1S/C74H130NO8P/c1-6-8-10-12-14-16-18-20-22-24-26-28-30-31-32-33-34-35-36-37-38-39-40-41-42-43-45-46-48-50-52-54-56-58-60-62-64-66-73(76)80-70-72(71-82-84(78,79)81-69-68-75(3,4)5)83-74(77)67-65-63-61-59-57-55-53-51-49-47-44-29-27-25-23-21-19-17-15-13-11-9-7-2/h9,11,15,17-18,20-21,23-24,26-27,29-31,47,49,53,55,72H,6-8,10,12-14,16,19,22,25,28,32-46,48,50-52,54,56-71H2,1-5H3/p+1/b11-9-,17-15-,20-18-,23-21-,26-24-,29-27-,31-30-,49-47-,55-53-. The molecule has 0 aromatic rings. The SMILES string of the molecule is CC/C=C\C/C=C\C/C=C\C/C=C\C/C=C\C/C=C\CCCCCCC(=O)OC(COC(=O)CCCCCCCCCCCCCCCCCCCCCCCC/C=C\C/C=C\C/C=C\CCCCCCC)COP(=O)(O)OCC[N+](C)(C)C. The van der Waals surface area contributed by atoms with Gasteiger partial charge in [-0.05, 0) is 103 Å². The molecule has 0 saturated carbocycles. The topological polar surface area (TPSA) is 108 Å². The molecular weight excluding hydrogens is 1060 g/mol. The summed E-state index contributed by atoms with van der Waals surface area (Å²) in [6, 6.07) is 0. The van der Waals surface area contributed by atoms with E-state index >= 15 is 0 Å². The first kappa shape index (κ1) is 80.7. The molecule has 0 radical (unpaired) electrons. The van der Waals surface area contributed by atoms with Crippen molar-refractivity contribution in [2.24, 2.45) is 0 Å². The fourth-order valence-corrected chi connectivity index (χ4v) is 10.2. The number of hydrogen-bond acceptors (Lipinski definition) is 7. The number of esters is 2. The van der Waals surface area contributed by atoms with E-state index in [0.29, 0.717) is 17.4 Å². The maximum atomic E-state index is 12.8. The normalized spacial score (nSPS) is 13.8. The second kappa shape index (κ2) is 64.2. The largest absolute Gasteiger partial charge is 0.472 e. The quantitative estimate of drug-likeness (QED) is 0.0211. The zero-order chi connectivity index (χ0) is 61.2. The Morgan fingerprint density at radius 3 is 1.01 bits per heavy atom. The van der Waals surface area contributed by atoms with E-state index in [1.54, 1.807) is 0 Å². The van der Waals surface area contributed by atoms with Gasteiger partial charge in [0.2, 0.25) is 0 Å². The highest BCUT2D eigenvalue weighted by Gasteiger charge is 2.27. The third-order valence-corrected chi connectivity index (χ3v) is 15.8. The summed E-state index contributed by atoms with van der Waals surface area (Å²) in [5, 5.41) is 0. The molecule has 9 nitrogen and oxygen atoms in total. The van der Waals surface area contributed by atoms with Crippen LogP contribution in [0, 0.1) is 0 Å². The highest BCUT2D eigenvalue weighted by atomic mass is 31.2. The van der Waals surface area contributed by atoms with Gasteiger partial charge in [-0.15, -0.1) is 0 Å². The highest BCUT2D eigenvalue weighted by molar-refractivity contribution is 7.47. The van der Waals surface area contributed by atoms with Gasteiger partial charge in [-0.2, -0.15) is 0 Å². The number of nitrogens with zero attached hydrogens (tertiary/aromatic N) is 1. The number of carbonyl (C=O) groups is 2. The van der Waals surface area contributed by atoms with E-state index in [9.17, 15) is 19.0 Å². The summed E-state index contributed by atoms with van der Waals surface area (Å²) in [5.41, 5.74) is 0. The summed E-state index contributed by atoms with van der Waals surface area (Å²) in [6.07, 6.45) is 90.6. The molecule has 84 heavy (non-hydrogen) atoms. The molecule has 0 aliphatic rings. The first-order valence-electron chi connectivity index (χ1n) is 34.6. The first-order chi connectivity index (χ1) is 41.0. The Labute approximate surface area is 518 Å². The van der Waals surface area contributed by atoms with Crippen LogP contribution in [0.2, 0.25) is 0 Å². The zero-order valence-corrected chi connectivity index (χ0v) is 56.0. The summed E-state index contributed by atoms with van der Waals surface area (Å²) in [5.74, 6) is -0.823. The van der Waals surface area contributed by atoms with E-state index in [2.05, 4.69) is 123 Å². The lowest BCUT2D eigenvalue weighted by Gasteiger charge is -2.24. The molecule has 0 spiro atoms. The molecular formula is C74H131NO8P+. The van der Waals surface area contributed by atoms with Crippen LogP contribution in [0.5, 0.6) is 0 Å². The molecule has 2 unspecified atom stereocenters. The van der Waals surface area contributed by atoms with Gasteiger partial charge in [0.1, 0.15) is 19.8 Å². The van der Waals surface area contributed by atoms with Crippen molar-refractivity contribution in [3.63, 3.8) is 0 Å². The van der Waals surface area contributed by atoms with Crippen LogP contribution in [0.4, 0.5) is 0 Å². The minimum Gasteiger partial charge on any atom is -0.462 e. The van der Waals surface area contributed by atoms with Gasteiger partial charge < -0.3 is 18.9 Å². The van der Waals surface area contributed by atoms with Crippen molar-refractivity contribution in [1.29, 1.82) is 0 Å². The molecule has 0 aliphatic heterocycles. The molecule has 0 fully saturated rings. The van der Waals surface area contributed by atoms with Gasteiger partial charge in [0, 0.05) is 12.8 Å². The second-order valence-electron chi connectivity index (χ2n) is 24.2. The molecule has 0 saturated heterocycles. The Kier molecular flexibility index (Phi) is 61.6. The summed E-state index contributed by atoms with van der Waals surface area (Å²) in [7, 11) is 1.45. The van der Waals surface area contributed by atoms with Crippen molar-refractivity contribution in [3.05, 3.63) is 109 Å². The zero-order valence-electron chi connectivity index (χ0n) is 55.1. The first-order valence-corrected chi connectivity index (χ1v) is 36.1. The van der Waals surface area contributed by atoms with E-state index in [1.807, 2.05) is 21.1 Å². The van der Waals surface area contributed by atoms with Gasteiger partial charge in [-0.25, -0.2) is 4.57 Å². The molecule has 0 amide bonds. The number of quaternary nitrogens is 1. The average molecular weight is 1190 g/mol. The predicted molar refractivity (Wildman–Crippen MR) is 362 cm³/mol. The van der Waals surface area contributed by atoms with Crippen molar-refractivity contribution in [2.45, 2.75) is 302 Å². The lowest BCUT2D eigenvalue weighted by Crippen LogP contribution is -2.37. The van der Waals surface area contributed by atoms with Crippen LogP contribution in [-0.2, 0) is 32.7 Å². The van der Waals surface area contributed by atoms with Gasteiger partial charge >= 0.3 is 19.8 Å². The number of phosphoric ester groups is 1. The molecule has 10 heteroatoms. The fourth-order valence-electron chi connectivity index (χ4n) is 9.50. The van der Waals surface area contributed by atoms with Crippen LogP contribution in [0.1, 0.15) is 296 Å². The Hall–Kier alpha value is -3.33. The minimum absolute atomic E-state index is 0.0222. The summed E-state index contributed by atoms with van der Waals surface area (Å²) >= 11 is 0. The summed E-state index contributed by atoms with van der Waals surface area (Å²) < 4.78 is 34.7. The van der Waals surface area contributed by atoms with Crippen molar-refractivity contribution < 1.29 is 42.1 Å². The van der Waals surface area contributed by atoms with E-state index in [-0.39, 0.29) is 32.0 Å². The monoisotopic (exact) mass is 1190 g/mol. The lowest BCUT2D eigenvalue weighted by molar-refractivity contribution is -0.870. The third-order valence-electron chi connectivity index (χ3n) is 14.8. The molecule has 0 aliphatic carbocycles. The molecule has 484 valence electrons. The smallest absolute Gasteiger partial charge is 0.462 e. The highest BCUT2D eigenvalue weighted by Crippen LogP contribution is 2.43. The molecule has 0 bridgehead atoms. The van der Waals surface area contributed by atoms with Crippen LogP contribution >= 0.6 is 7.82 Å². The maximum Gasteiger partial charge on any atom is 0.472 e. The van der Waals surface area contributed by atoms with E-state index in [0.717, 1.165) is 96.3 Å². The average Bonchev–Trinajstić information content (AvgIpc) is 3.61. The van der Waals surface area contributed by atoms with Crippen LogP contribution in [0.15, 0.2) is 109 Å². The van der Waals surface area contributed by atoms with E-state index in [1.165, 1.54) is 167 Å². The van der Waals surface area contributed by atoms with Crippen LogP contribution in [0.25, 0.3) is 0 Å². The number of allylic oxidation sites excluding steroid dienone is 18. The Balaban J connectivity index is 4.03. The Morgan fingerprint density at radius 2 is 0.679 bits per heavy atom. The number of phosphoric acid groups is 1. The molecule has 2 atom stereocenters. The number of carbonyl (C=O) groups excluding carboxylic acids is 2. The number of rotatable bonds is 63. The molecule has 1 N–H and O–H groups in total. The number of likely N-dealkylation sites (N-methyl/N-ethyl adjacent to an activating group) is 1. The number of ether oxygens (including phenoxy) is 2. The summed E-state index contributed by atoms with van der Waals surface area (Å²) in [4.78, 5) is 35.8. The lowest BCUT2D eigenvalue weighted by atomic mass is 10.0. The van der Waals surface area contributed by atoms with Crippen molar-refractivity contribution >= 4 is 19.8 Å².